The number of anilines is 2. The molecule has 2 aromatic carbocycles. The molecule has 0 fully saturated rings. The number of carbonyl (C=O) groups excluding carboxylic acids is 1. The largest absolute Gasteiger partial charge is 0.396 e. The van der Waals surface area contributed by atoms with E-state index in [1.54, 1.807) is 12.1 Å². The highest BCUT2D eigenvalue weighted by molar-refractivity contribution is 5.95. The van der Waals surface area contributed by atoms with Crippen LogP contribution in [0.4, 0.5) is 11.5 Å². The molecule has 1 aromatic heterocycles. The molecule has 0 unspecified atom stereocenters. The van der Waals surface area contributed by atoms with Gasteiger partial charge in [0.15, 0.2) is 0 Å². The number of aryl methyl sites for hydroxylation is 1. The smallest absolute Gasteiger partial charge is 0.251 e. The molecule has 1 amide bonds. The van der Waals surface area contributed by atoms with Gasteiger partial charge in [-0.15, -0.1) is 0 Å². The molecule has 0 atom stereocenters. The number of rotatable bonds is 7. The second-order valence-electron chi connectivity index (χ2n) is 6.09. The summed E-state index contributed by atoms with van der Waals surface area (Å²) in [6.07, 6.45) is 0.534. The molecule has 1 heterocycles. The maximum absolute atomic E-state index is 12.2. The lowest BCUT2D eigenvalue weighted by Crippen LogP contribution is -2.25. The van der Waals surface area contributed by atoms with Gasteiger partial charge in [-0.3, -0.25) is 4.79 Å². The van der Waals surface area contributed by atoms with Crippen LogP contribution in [0, 0.1) is 6.92 Å². The first kappa shape index (κ1) is 18.5. The SMILES string of the molecule is Cc1nc(Nc2cccc(C(=O)NCCCO)c2)cc(-c2ccccc2)n1. The van der Waals surface area contributed by atoms with Crippen molar-refractivity contribution < 1.29 is 9.90 Å². The first-order valence-corrected chi connectivity index (χ1v) is 8.83. The van der Waals surface area contributed by atoms with Crippen LogP contribution in [0.5, 0.6) is 0 Å². The normalized spacial score (nSPS) is 10.4. The number of hydrogen-bond acceptors (Lipinski definition) is 5. The third-order valence-electron chi connectivity index (χ3n) is 3.93. The van der Waals surface area contributed by atoms with E-state index in [0.29, 0.717) is 30.2 Å². The average molecular weight is 362 g/mol. The topological polar surface area (TPSA) is 87.1 Å². The van der Waals surface area contributed by atoms with Gasteiger partial charge in [0.2, 0.25) is 0 Å². The predicted octanol–water partition coefficient (Wildman–Crippen LogP) is 3.31. The Morgan fingerprint density at radius 3 is 2.63 bits per heavy atom. The fourth-order valence-corrected chi connectivity index (χ4v) is 2.66. The molecule has 3 rings (SSSR count). The summed E-state index contributed by atoms with van der Waals surface area (Å²) in [5.74, 6) is 1.16. The van der Waals surface area contributed by atoms with Crippen molar-refractivity contribution in [2.24, 2.45) is 0 Å². The highest BCUT2D eigenvalue weighted by atomic mass is 16.3. The van der Waals surface area contributed by atoms with Crippen LogP contribution < -0.4 is 10.6 Å². The number of aliphatic hydroxyl groups excluding tert-OH is 1. The van der Waals surface area contributed by atoms with Gasteiger partial charge < -0.3 is 15.7 Å². The molecule has 0 aliphatic rings. The molecule has 0 bridgehead atoms. The Bertz CT molecular complexity index is 913. The zero-order chi connectivity index (χ0) is 19.1. The standard InChI is InChI=1S/C21H22N4O2/c1-15-23-19(16-7-3-2-4-8-16)14-20(24-15)25-18-10-5-9-17(13-18)21(27)22-11-6-12-26/h2-5,7-10,13-14,26H,6,11-12H2,1H3,(H,22,27)(H,23,24,25). The Kier molecular flexibility index (Phi) is 6.12. The molecule has 0 saturated heterocycles. The van der Waals surface area contributed by atoms with Gasteiger partial charge in [0.25, 0.3) is 5.91 Å². The van der Waals surface area contributed by atoms with Crippen molar-refractivity contribution >= 4 is 17.4 Å². The summed E-state index contributed by atoms with van der Waals surface area (Å²) >= 11 is 0. The van der Waals surface area contributed by atoms with Gasteiger partial charge in [0, 0.05) is 36.0 Å². The minimum absolute atomic E-state index is 0.0543. The number of benzene rings is 2. The number of hydrogen-bond donors (Lipinski definition) is 3. The number of nitrogens with zero attached hydrogens (tertiary/aromatic N) is 2. The van der Waals surface area contributed by atoms with Crippen molar-refractivity contribution in [3.8, 4) is 11.3 Å². The lowest BCUT2D eigenvalue weighted by molar-refractivity contribution is 0.0951. The van der Waals surface area contributed by atoms with Gasteiger partial charge in [0.05, 0.1) is 5.69 Å². The van der Waals surface area contributed by atoms with E-state index in [9.17, 15) is 4.79 Å². The number of nitrogens with one attached hydrogen (secondary N) is 2. The van der Waals surface area contributed by atoms with Crippen molar-refractivity contribution in [2.45, 2.75) is 13.3 Å². The first-order valence-electron chi connectivity index (χ1n) is 8.83. The third-order valence-corrected chi connectivity index (χ3v) is 3.93. The molecular formula is C21H22N4O2. The number of carbonyl (C=O) groups is 1. The molecule has 0 spiro atoms. The second kappa shape index (κ2) is 8.91. The quantitative estimate of drug-likeness (QED) is 0.561. The summed E-state index contributed by atoms with van der Waals surface area (Å²) in [7, 11) is 0. The molecule has 6 nitrogen and oxygen atoms in total. The summed E-state index contributed by atoms with van der Waals surface area (Å²) < 4.78 is 0. The zero-order valence-corrected chi connectivity index (χ0v) is 15.1. The average Bonchev–Trinajstić information content (AvgIpc) is 2.68. The summed E-state index contributed by atoms with van der Waals surface area (Å²) in [5, 5.41) is 14.8. The Hall–Kier alpha value is -3.25. The third kappa shape index (κ3) is 5.12. The molecule has 3 aromatic rings. The summed E-state index contributed by atoms with van der Waals surface area (Å²) in [4.78, 5) is 21.1. The van der Waals surface area contributed by atoms with Crippen LogP contribution in [0.15, 0.2) is 60.7 Å². The van der Waals surface area contributed by atoms with Gasteiger partial charge in [0.1, 0.15) is 11.6 Å². The van der Waals surface area contributed by atoms with E-state index in [4.69, 9.17) is 5.11 Å². The Morgan fingerprint density at radius 2 is 1.85 bits per heavy atom. The minimum Gasteiger partial charge on any atom is -0.396 e. The minimum atomic E-state index is -0.170. The van der Waals surface area contributed by atoms with Gasteiger partial charge in [-0.05, 0) is 31.5 Å². The molecule has 138 valence electrons. The number of aromatic nitrogens is 2. The predicted molar refractivity (Wildman–Crippen MR) is 106 cm³/mol. The Labute approximate surface area is 158 Å². The summed E-state index contributed by atoms with van der Waals surface area (Å²) in [5.41, 5.74) is 3.17. The van der Waals surface area contributed by atoms with Crippen LogP contribution in [-0.4, -0.2) is 34.1 Å². The van der Waals surface area contributed by atoms with E-state index >= 15 is 0 Å². The van der Waals surface area contributed by atoms with E-state index in [1.807, 2.05) is 55.5 Å². The van der Waals surface area contributed by atoms with Gasteiger partial charge >= 0.3 is 0 Å². The second-order valence-corrected chi connectivity index (χ2v) is 6.09. The Balaban J connectivity index is 1.78. The van der Waals surface area contributed by atoms with Crippen LogP contribution >= 0.6 is 0 Å². The maximum atomic E-state index is 12.2. The van der Waals surface area contributed by atoms with Crippen molar-refractivity contribution in [2.75, 3.05) is 18.5 Å². The van der Waals surface area contributed by atoms with Crippen LogP contribution in [-0.2, 0) is 0 Å². The summed E-state index contributed by atoms with van der Waals surface area (Å²) in [6, 6.07) is 19.0. The zero-order valence-electron chi connectivity index (χ0n) is 15.1. The van der Waals surface area contributed by atoms with E-state index in [1.165, 1.54) is 0 Å². The van der Waals surface area contributed by atoms with E-state index < -0.39 is 0 Å². The molecule has 27 heavy (non-hydrogen) atoms. The van der Waals surface area contributed by atoms with Gasteiger partial charge in [-0.1, -0.05) is 36.4 Å². The van der Waals surface area contributed by atoms with Crippen LogP contribution in [0.3, 0.4) is 0 Å². The van der Waals surface area contributed by atoms with Gasteiger partial charge in [-0.2, -0.15) is 0 Å². The molecular weight excluding hydrogens is 340 g/mol. The highest BCUT2D eigenvalue weighted by Gasteiger charge is 2.08. The van der Waals surface area contributed by atoms with Crippen molar-refractivity contribution in [3.63, 3.8) is 0 Å². The van der Waals surface area contributed by atoms with Crippen molar-refractivity contribution in [3.05, 3.63) is 72.1 Å². The fourth-order valence-electron chi connectivity index (χ4n) is 2.66. The molecule has 6 heteroatoms. The number of aliphatic hydroxyl groups is 1. The van der Waals surface area contributed by atoms with Crippen LogP contribution in [0.25, 0.3) is 11.3 Å². The molecule has 0 aliphatic carbocycles. The molecule has 0 radical (unpaired) electrons. The number of amides is 1. The van der Waals surface area contributed by atoms with Crippen LogP contribution in [0.2, 0.25) is 0 Å². The Morgan fingerprint density at radius 1 is 1.04 bits per heavy atom. The lowest BCUT2D eigenvalue weighted by atomic mass is 10.1. The monoisotopic (exact) mass is 362 g/mol. The molecule has 0 saturated carbocycles. The van der Waals surface area contributed by atoms with Crippen molar-refractivity contribution in [1.82, 2.24) is 15.3 Å². The van der Waals surface area contributed by atoms with Crippen molar-refractivity contribution in [1.29, 1.82) is 0 Å². The fraction of sp³-hybridized carbons (Fsp3) is 0.190. The van der Waals surface area contributed by atoms with E-state index in [2.05, 4.69) is 20.6 Å². The van der Waals surface area contributed by atoms with Crippen LogP contribution in [0.1, 0.15) is 22.6 Å². The maximum Gasteiger partial charge on any atom is 0.251 e. The summed E-state index contributed by atoms with van der Waals surface area (Å²) in [6.45, 7) is 2.35. The van der Waals surface area contributed by atoms with Gasteiger partial charge in [-0.25, -0.2) is 9.97 Å². The molecule has 0 aliphatic heterocycles. The van der Waals surface area contributed by atoms with E-state index in [-0.39, 0.29) is 12.5 Å². The van der Waals surface area contributed by atoms with E-state index in [0.717, 1.165) is 16.9 Å². The highest BCUT2D eigenvalue weighted by Crippen LogP contribution is 2.22. The first-order chi connectivity index (χ1) is 13.2. The lowest BCUT2D eigenvalue weighted by Gasteiger charge is -2.10. The molecule has 3 N–H and O–H groups in total.